The summed E-state index contributed by atoms with van der Waals surface area (Å²) in [4.78, 5) is 10.4. The molecule has 1 aliphatic rings. The molecule has 0 saturated carbocycles. The fourth-order valence-corrected chi connectivity index (χ4v) is 0.592. The van der Waals surface area contributed by atoms with Crippen molar-refractivity contribution in [3.63, 3.8) is 0 Å². The van der Waals surface area contributed by atoms with Crippen LogP contribution in [0.3, 0.4) is 0 Å². The molecule has 1 fully saturated rings. The van der Waals surface area contributed by atoms with E-state index in [9.17, 15) is 4.79 Å². The Hall–Kier alpha value is -0.990. The summed E-state index contributed by atoms with van der Waals surface area (Å²) < 4.78 is 4.65. The molecule has 1 heterocycles. The Morgan fingerprint density at radius 3 is 3.00 bits per heavy atom. The zero-order valence-corrected chi connectivity index (χ0v) is 5.31. The number of cyclic esters (lactones) is 1. The quantitative estimate of drug-likeness (QED) is 0.524. The number of carbonyl (C=O) groups is 1. The van der Waals surface area contributed by atoms with Crippen molar-refractivity contribution in [2.75, 3.05) is 6.61 Å². The maximum absolute atomic E-state index is 10.4. The van der Waals surface area contributed by atoms with E-state index in [-0.39, 0.29) is 5.92 Å². The van der Waals surface area contributed by atoms with E-state index in [4.69, 9.17) is 0 Å². The average molecular weight is 127 g/mol. The van der Waals surface area contributed by atoms with E-state index >= 15 is 0 Å². The van der Waals surface area contributed by atoms with Gasteiger partial charge in [-0.3, -0.25) is 5.32 Å². The van der Waals surface area contributed by atoms with Gasteiger partial charge in [0.2, 0.25) is 0 Å². The summed E-state index contributed by atoms with van der Waals surface area (Å²) in [5.74, 6) is 0.239. The Labute approximate surface area is 53.7 Å². The van der Waals surface area contributed by atoms with Gasteiger partial charge in [0, 0.05) is 11.6 Å². The van der Waals surface area contributed by atoms with E-state index in [2.05, 4.69) is 16.6 Å². The van der Waals surface area contributed by atoms with Gasteiger partial charge in [-0.15, -0.1) is 0 Å². The molecule has 1 atom stereocenters. The van der Waals surface area contributed by atoms with Gasteiger partial charge in [-0.25, -0.2) is 4.79 Å². The predicted molar refractivity (Wildman–Crippen MR) is 32.8 cm³/mol. The molecule has 1 saturated heterocycles. The number of carbonyl (C=O) groups excluding carboxylic acids is 1. The molecule has 0 aromatic heterocycles. The van der Waals surface area contributed by atoms with Gasteiger partial charge < -0.3 is 4.74 Å². The second-order valence-electron chi connectivity index (χ2n) is 2.15. The first-order chi connectivity index (χ1) is 4.20. The normalized spacial score (nSPS) is 27.0. The maximum Gasteiger partial charge on any atom is 0.411 e. The van der Waals surface area contributed by atoms with Crippen LogP contribution in [0.5, 0.6) is 0 Å². The highest BCUT2D eigenvalue weighted by Crippen LogP contribution is 2.09. The van der Waals surface area contributed by atoms with E-state index in [0.29, 0.717) is 6.61 Å². The van der Waals surface area contributed by atoms with Gasteiger partial charge in [0.25, 0.3) is 0 Å². The molecule has 1 N–H and O–H groups in total. The largest absolute Gasteiger partial charge is 0.449 e. The van der Waals surface area contributed by atoms with Crippen molar-refractivity contribution in [3.8, 4) is 0 Å². The number of rotatable bonds is 0. The van der Waals surface area contributed by atoms with Crippen LogP contribution in [0.4, 0.5) is 4.79 Å². The summed E-state index contributed by atoms with van der Waals surface area (Å²) in [5, 5.41) is 2.47. The number of amides is 1. The molecule has 1 rings (SSSR count). The summed E-state index contributed by atoms with van der Waals surface area (Å²) in [6.07, 6.45) is -0.391. The van der Waals surface area contributed by atoms with Gasteiger partial charge in [-0.2, -0.15) is 0 Å². The van der Waals surface area contributed by atoms with Crippen LogP contribution in [-0.4, -0.2) is 12.7 Å². The molecule has 0 bridgehead atoms. The van der Waals surface area contributed by atoms with Crippen molar-refractivity contribution in [1.82, 2.24) is 5.32 Å². The molecule has 0 aromatic rings. The van der Waals surface area contributed by atoms with Crippen molar-refractivity contribution in [2.45, 2.75) is 6.92 Å². The van der Waals surface area contributed by atoms with Crippen LogP contribution in [0.25, 0.3) is 0 Å². The summed E-state index contributed by atoms with van der Waals surface area (Å²) in [7, 11) is 0. The van der Waals surface area contributed by atoms with Gasteiger partial charge in [-0.1, -0.05) is 13.5 Å². The number of hydrogen-bond acceptors (Lipinski definition) is 2. The van der Waals surface area contributed by atoms with Gasteiger partial charge >= 0.3 is 6.09 Å². The van der Waals surface area contributed by atoms with Gasteiger partial charge in [0.15, 0.2) is 0 Å². The van der Waals surface area contributed by atoms with Gasteiger partial charge in [0.05, 0.1) is 0 Å². The van der Waals surface area contributed by atoms with Crippen molar-refractivity contribution in [1.29, 1.82) is 0 Å². The number of hydrogen-bond donors (Lipinski definition) is 1. The lowest BCUT2D eigenvalue weighted by Gasteiger charge is -2.21. The minimum absolute atomic E-state index is 0.239. The summed E-state index contributed by atoms with van der Waals surface area (Å²) in [5.41, 5.74) is 0.742. The third-order valence-corrected chi connectivity index (χ3v) is 1.32. The first-order valence-electron chi connectivity index (χ1n) is 2.82. The van der Waals surface area contributed by atoms with Crippen LogP contribution < -0.4 is 5.32 Å². The fourth-order valence-electron chi connectivity index (χ4n) is 0.592. The van der Waals surface area contributed by atoms with Crippen LogP contribution in [0.2, 0.25) is 0 Å². The topological polar surface area (TPSA) is 38.3 Å². The van der Waals surface area contributed by atoms with E-state index in [1.54, 1.807) is 0 Å². The van der Waals surface area contributed by atoms with Crippen molar-refractivity contribution in [2.24, 2.45) is 5.92 Å². The van der Waals surface area contributed by atoms with E-state index in [0.717, 1.165) is 5.70 Å². The van der Waals surface area contributed by atoms with Gasteiger partial charge in [-0.05, 0) is 0 Å². The Morgan fingerprint density at radius 1 is 1.89 bits per heavy atom. The molecule has 0 radical (unpaired) electrons. The minimum Gasteiger partial charge on any atom is -0.449 e. The lowest BCUT2D eigenvalue weighted by Crippen LogP contribution is -2.34. The van der Waals surface area contributed by atoms with E-state index in [1.165, 1.54) is 0 Å². The van der Waals surface area contributed by atoms with Crippen LogP contribution in [0.15, 0.2) is 12.3 Å². The maximum atomic E-state index is 10.4. The second kappa shape index (κ2) is 2.09. The Kier molecular flexibility index (Phi) is 1.42. The van der Waals surface area contributed by atoms with Crippen molar-refractivity contribution < 1.29 is 9.53 Å². The summed E-state index contributed by atoms with van der Waals surface area (Å²) in [6, 6.07) is 0. The molecule has 3 heteroatoms. The van der Waals surface area contributed by atoms with Crippen LogP contribution in [-0.2, 0) is 4.74 Å². The third kappa shape index (κ3) is 1.22. The second-order valence-corrected chi connectivity index (χ2v) is 2.15. The molecule has 9 heavy (non-hydrogen) atoms. The van der Waals surface area contributed by atoms with Crippen LogP contribution in [0, 0.1) is 5.92 Å². The van der Waals surface area contributed by atoms with Crippen LogP contribution in [0.1, 0.15) is 6.92 Å². The van der Waals surface area contributed by atoms with Crippen molar-refractivity contribution >= 4 is 6.09 Å². The minimum atomic E-state index is -0.391. The van der Waals surface area contributed by atoms with E-state index in [1.807, 2.05) is 6.92 Å². The Balaban J connectivity index is 2.54. The lowest BCUT2D eigenvalue weighted by atomic mass is 10.1. The number of nitrogens with one attached hydrogen (secondary N) is 1. The SMILES string of the molecule is C=C1NC(=O)OCC1C. The molecule has 3 nitrogen and oxygen atoms in total. The average Bonchev–Trinajstić information content (AvgIpc) is 1.80. The first-order valence-corrected chi connectivity index (χ1v) is 2.82. The molecule has 0 aromatic carbocycles. The zero-order chi connectivity index (χ0) is 6.85. The van der Waals surface area contributed by atoms with Crippen LogP contribution >= 0.6 is 0 Å². The smallest absolute Gasteiger partial charge is 0.411 e. The monoisotopic (exact) mass is 127 g/mol. The standard InChI is InChI=1S/C6H9NO2/c1-4-3-9-6(8)7-5(4)2/h4H,2-3H2,1H3,(H,7,8). The Bertz CT molecular complexity index is 153. The molecule has 1 unspecified atom stereocenters. The van der Waals surface area contributed by atoms with Crippen molar-refractivity contribution in [3.05, 3.63) is 12.3 Å². The Morgan fingerprint density at radius 2 is 2.56 bits per heavy atom. The molecular formula is C6H9NO2. The number of alkyl carbamates (subject to hydrolysis) is 1. The van der Waals surface area contributed by atoms with Gasteiger partial charge in [0.1, 0.15) is 6.61 Å². The number of ether oxygens (including phenoxy) is 1. The summed E-state index contributed by atoms with van der Waals surface area (Å²) >= 11 is 0. The highest BCUT2D eigenvalue weighted by molar-refractivity contribution is 5.70. The predicted octanol–water partition coefficient (Wildman–Crippen LogP) is 0.876. The summed E-state index contributed by atoms with van der Waals surface area (Å²) in [6.45, 7) is 6.03. The molecule has 0 spiro atoms. The highest BCUT2D eigenvalue weighted by atomic mass is 16.6. The molecule has 0 aliphatic carbocycles. The fraction of sp³-hybridized carbons (Fsp3) is 0.500. The lowest BCUT2D eigenvalue weighted by molar-refractivity contribution is 0.121. The first kappa shape index (κ1) is 6.13. The zero-order valence-electron chi connectivity index (χ0n) is 5.31. The molecule has 1 aliphatic heterocycles. The van der Waals surface area contributed by atoms with E-state index < -0.39 is 6.09 Å². The molecule has 50 valence electrons. The molecular weight excluding hydrogens is 118 g/mol. The highest BCUT2D eigenvalue weighted by Gasteiger charge is 2.17. The molecule has 1 amide bonds. The third-order valence-electron chi connectivity index (χ3n) is 1.32.